The van der Waals surface area contributed by atoms with Crippen molar-refractivity contribution in [3.63, 3.8) is 0 Å². The zero-order chi connectivity index (χ0) is 12.0. The minimum Gasteiger partial charge on any atom is -0.459 e. The summed E-state index contributed by atoms with van der Waals surface area (Å²) in [5.74, 6) is -0.602. The fourth-order valence-electron chi connectivity index (χ4n) is 1.04. The number of esters is 1. The van der Waals surface area contributed by atoms with Gasteiger partial charge in [-0.15, -0.1) is 0 Å². The van der Waals surface area contributed by atoms with Crippen LogP contribution in [0.25, 0.3) is 6.08 Å². The van der Waals surface area contributed by atoms with Crippen molar-refractivity contribution >= 4 is 12.0 Å². The van der Waals surface area contributed by atoms with Gasteiger partial charge in [-0.25, -0.2) is 4.79 Å². The summed E-state index contributed by atoms with van der Waals surface area (Å²) in [7, 11) is 0. The number of aromatic nitrogens is 1. The first-order valence-electron chi connectivity index (χ1n) is 4.86. The van der Waals surface area contributed by atoms with Crippen LogP contribution in [0.3, 0.4) is 0 Å². The lowest BCUT2D eigenvalue weighted by molar-refractivity contribution is -0.142. The molecular weight excluding hydrogens is 204 g/mol. The Hall–Kier alpha value is -2.15. The molecule has 0 aliphatic heterocycles. The Kier molecular flexibility index (Phi) is 4.22. The number of carbonyl (C=O) groups is 1. The third-order valence-electron chi connectivity index (χ3n) is 1.70. The molecule has 0 unspecified atom stereocenters. The second kappa shape index (κ2) is 5.66. The van der Waals surface area contributed by atoms with E-state index in [0.29, 0.717) is 0 Å². The average Bonchev–Trinajstić information content (AvgIpc) is 2.26. The molecule has 1 aromatic rings. The summed E-state index contributed by atoms with van der Waals surface area (Å²) in [4.78, 5) is 15.3. The van der Waals surface area contributed by atoms with Gasteiger partial charge in [0.05, 0.1) is 6.10 Å². The van der Waals surface area contributed by atoms with Crippen LogP contribution in [0.2, 0.25) is 0 Å². The van der Waals surface area contributed by atoms with Gasteiger partial charge in [-0.3, -0.25) is 4.98 Å². The van der Waals surface area contributed by atoms with Gasteiger partial charge in [0.2, 0.25) is 0 Å². The quantitative estimate of drug-likeness (QED) is 0.440. The lowest BCUT2D eigenvalue weighted by Crippen LogP contribution is -2.12. The molecule has 4 nitrogen and oxygen atoms in total. The molecule has 0 aliphatic carbocycles. The highest BCUT2D eigenvalue weighted by atomic mass is 16.5. The maximum absolute atomic E-state index is 11.5. The second-order valence-corrected chi connectivity index (χ2v) is 3.40. The standard InChI is InChI=1S/C12H12N2O2/c1-9(2)16-12(15)11(8-13)7-10-3-5-14-6-4-10/h3-7,9H,1-2H3/b11-7-. The van der Waals surface area contributed by atoms with E-state index in [9.17, 15) is 4.79 Å². The molecular formula is C12H12N2O2. The van der Waals surface area contributed by atoms with Gasteiger partial charge in [-0.1, -0.05) is 0 Å². The van der Waals surface area contributed by atoms with Gasteiger partial charge >= 0.3 is 5.97 Å². The Bertz CT molecular complexity index is 430. The van der Waals surface area contributed by atoms with E-state index in [-0.39, 0.29) is 11.7 Å². The molecule has 0 fully saturated rings. The predicted octanol–water partition coefficient (Wildman–Crippen LogP) is 1.94. The molecule has 0 aromatic carbocycles. The maximum atomic E-state index is 11.5. The van der Waals surface area contributed by atoms with E-state index in [0.717, 1.165) is 5.56 Å². The Morgan fingerprint density at radius 1 is 1.50 bits per heavy atom. The van der Waals surface area contributed by atoms with Crippen molar-refractivity contribution in [3.8, 4) is 6.07 Å². The first-order valence-corrected chi connectivity index (χ1v) is 4.86. The lowest BCUT2D eigenvalue weighted by Gasteiger charge is -2.06. The summed E-state index contributed by atoms with van der Waals surface area (Å²) in [5, 5.41) is 8.84. The summed E-state index contributed by atoms with van der Waals surface area (Å²) in [6, 6.07) is 5.24. The van der Waals surface area contributed by atoms with Crippen LogP contribution in [0.15, 0.2) is 30.1 Å². The van der Waals surface area contributed by atoms with E-state index in [1.165, 1.54) is 6.08 Å². The number of carbonyl (C=O) groups excluding carboxylic acids is 1. The van der Waals surface area contributed by atoms with Crippen molar-refractivity contribution in [2.24, 2.45) is 0 Å². The SMILES string of the molecule is CC(C)OC(=O)/C(C#N)=C\c1ccncc1. The topological polar surface area (TPSA) is 63.0 Å². The predicted molar refractivity (Wildman–Crippen MR) is 59.1 cm³/mol. The molecule has 0 saturated carbocycles. The molecule has 0 atom stereocenters. The monoisotopic (exact) mass is 216 g/mol. The Balaban J connectivity index is 2.88. The third-order valence-corrected chi connectivity index (χ3v) is 1.70. The minimum absolute atomic E-state index is 0.0140. The van der Waals surface area contributed by atoms with Gasteiger partial charge in [-0.05, 0) is 37.6 Å². The molecule has 0 amide bonds. The Morgan fingerprint density at radius 3 is 2.62 bits per heavy atom. The molecule has 1 rings (SSSR count). The summed E-state index contributed by atoms with van der Waals surface area (Å²) in [5.41, 5.74) is 0.729. The van der Waals surface area contributed by atoms with Crippen molar-refractivity contribution in [2.45, 2.75) is 20.0 Å². The molecule has 0 spiro atoms. The number of pyridine rings is 1. The van der Waals surface area contributed by atoms with Crippen LogP contribution >= 0.6 is 0 Å². The number of nitrogens with zero attached hydrogens (tertiary/aromatic N) is 2. The van der Waals surface area contributed by atoms with Crippen LogP contribution in [0.5, 0.6) is 0 Å². The normalized spacial score (nSPS) is 11.0. The Labute approximate surface area is 94.2 Å². The molecule has 4 heteroatoms. The van der Waals surface area contributed by atoms with Gasteiger partial charge in [0.1, 0.15) is 11.6 Å². The first kappa shape index (κ1) is 11.9. The van der Waals surface area contributed by atoms with Crippen molar-refractivity contribution in [1.29, 1.82) is 5.26 Å². The summed E-state index contributed by atoms with van der Waals surface area (Å²) in [6.07, 6.45) is 4.43. The number of nitriles is 1. The molecule has 0 aliphatic rings. The highest BCUT2D eigenvalue weighted by molar-refractivity contribution is 5.97. The highest BCUT2D eigenvalue weighted by Crippen LogP contribution is 2.07. The molecule has 0 N–H and O–H groups in total. The number of hydrogen-bond donors (Lipinski definition) is 0. The zero-order valence-electron chi connectivity index (χ0n) is 9.18. The van der Waals surface area contributed by atoms with E-state index in [1.54, 1.807) is 38.4 Å². The number of rotatable bonds is 3. The van der Waals surface area contributed by atoms with E-state index in [2.05, 4.69) is 4.98 Å². The van der Waals surface area contributed by atoms with Gasteiger partial charge in [-0.2, -0.15) is 5.26 Å². The fourth-order valence-corrected chi connectivity index (χ4v) is 1.04. The molecule has 0 radical (unpaired) electrons. The van der Waals surface area contributed by atoms with Crippen molar-refractivity contribution in [1.82, 2.24) is 4.98 Å². The largest absolute Gasteiger partial charge is 0.459 e. The fraction of sp³-hybridized carbons (Fsp3) is 0.250. The highest BCUT2D eigenvalue weighted by Gasteiger charge is 2.11. The smallest absolute Gasteiger partial charge is 0.349 e. The van der Waals surface area contributed by atoms with Crippen LogP contribution in [0.4, 0.5) is 0 Å². The minimum atomic E-state index is -0.602. The van der Waals surface area contributed by atoms with Crippen molar-refractivity contribution in [3.05, 3.63) is 35.7 Å². The second-order valence-electron chi connectivity index (χ2n) is 3.40. The molecule has 1 heterocycles. The molecule has 0 saturated heterocycles. The van der Waals surface area contributed by atoms with Gasteiger partial charge in [0.15, 0.2) is 0 Å². The maximum Gasteiger partial charge on any atom is 0.349 e. The van der Waals surface area contributed by atoms with Gasteiger partial charge in [0, 0.05) is 12.4 Å². The average molecular weight is 216 g/mol. The summed E-state index contributed by atoms with van der Waals surface area (Å²) in [6.45, 7) is 3.47. The van der Waals surface area contributed by atoms with E-state index in [4.69, 9.17) is 10.00 Å². The van der Waals surface area contributed by atoms with Crippen LogP contribution in [0, 0.1) is 11.3 Å². The van der Waals surface area contributed by atoms with Gasteiger partial charge in [0.25, 0.3) is 0 Å². The molecule has 0 bridgehead atoms. The zero-order valence-corrected chi connectivity index (χ0v) is 9.18. The van der Waals surface area contributed by atoms with E-state index in [1.807, 2.05) is 6.07 Å². The molecule has 16 heavy (non-hydrogen) atoms. The number of ether oxygens (including phenoxy) is 1. The lowest BCUT2D eigenvalue weighted by atomic mass is 10.2. The Morgan fingerprint density at radius 2 is 2.12 bits per heavy atom. The third kappa shape index (κ3) is 3.54. The summed E-state index contributed by atoms with van der Waals surface area (Å²) >= 11 is 0. The first-order chi connectivity index (χ1) is 7.63. The van der Waals surface area contributed by atoms with Crippen LogP contribution < -0.4 is 0 Å². The van der Waals surface area contributed by atoms with Gasteiger partial charge < -0.3 is 4.74 Å². The van der Waals surface area contributed by atoms with Crippen LogP contribution in [-0.4, -0.2) is 17.1 Å². The van der Waals surface area contributed by atoms with Crippen molar-refractivity contribution in [2.75, 3.05) is 0 Å². The molecule has 1 aromatic heterocycles. The van der Waals surface area contributed by atoms with Crippen molar-refractivity contribution < 1.29 is 9.53 Å². The van der Waals surface area contributed by atoms with Crippen LogP contribution in [0.1, 0.15) is 19.4 Å². The summed E-state index contributed by atoms with van der Waals surface area (Å²) < 4.78 is 4.93. The number of hydrogen-bond acceptors (Lipinski definition) is 4. The van der Waals surface area contributed by atoms with Crippen LogP contribution in [-0.2, 0) is 9.53 Å². The van der Waals surface area contributed by atoms with E-state index < -0.39 is 5.97 Å². The van der Waals surface area contributed by atoms with E-state index >= 15 is 0 Å². The molecule has 82 valence electrons.